The molecule has 1 fully saturated rings. The molecule has 1 aliphatic heterocycles. The number of hydrogen-bond donors (Lipinski definition) is 1. The molecule has 0 unspecified atom stereocenters. The number of rotatable bonds is 6. The molecule has 0 aromatic heterocycles. The first-order valence-corrected chi connectivity index (χ1v) is 11.8. The average molecular weight is 451 g/mol. The second kappa shape index (κ2) is 8.96. The van der Waals surface area contributed by atoms with Crippen molar-refractivity contribution in [1.82, 2.24) is 4.31 Å². The molecule has 0 atom stereocenters. The topological polar surface area (TPSA) is 75.7 Å². The quantitative estimate of drug-likeness (QED) is 0.696. The van der Waals surface area contributed by atoms with E-state index in [1.165, 1.54) is 10.4 Å². The number of nitrogens with zero attached hydrogens (tertiary/aromatic N) is 1. The molecule has 6 nitrogen and oxygen atoms in total. The van der Waals surface area contributed by atoms with Crippen LogP contribution in [0.5, 0.6) is 5.75 Å². The van der Waals surface area contributed by atoms with Crippen LogP contribution in [0.25, 0.3) is 0 Å². The summed E-state index contributed by atoms with van der Waals surface area (Å²) in [4.78, 5) is 13.1. The molecule has 30 heavy (non-hydrogen) atoms. The van der Waals surface area contributed by atoms with Gasteiger partial charge in [-0.05, 0) is 75.6 Å². The van der Waals surface area contributed by atoms with Gasteiger partial charge in [0.05, 0.1) is 4.90 Å². The highest BCUT2D eigenvalue weighted by Gasteiger charge is 2.31. The molecular formula is C22H27ClN2O4S. The number of aryl methyl sites for hydroxylation is 1. The van der Waals surface area contributed by atoms with Gasteiger partial charge in [-0.2, -0.15) is 4.31 Å². The molecule has 0 saturated carbocycles. The Kier molecular flexibility index (Phi) is 6.75. The van der Waals surface area contributed by atoms with Crippen molar-refractivity contribution in [3.8, 4) is 5.75 Å². The number of hydrogen-bond acceptors (Lipinski definition) is 4. The van der Waals surface area contributed by atoms with Gasteiger partial charge in [0.25, 0.3) is 5.91 Å². The highest BCUT2D eigenvalue weighted by molar-refractivity contribution is 7.89. The highest BCUT2D eigenvalue weighted by Crippen LogP contribution is 2.27. The minimum absolute atomic E-state index is 0.182. The largest absolute Gasteiger partial charge is 0.478 e. The summed E-state index contributed by atoms with van der Waals surface area (Å²) >= 11 is 5.89. The molecule has 0 radical (unpaired) electrons. The Morgan fingerprint density at radius 3 is 2.33 bits per heavy atom. The third-order valence-corrected chi connectivity index (χ3v) is 7.29. The van der Waals surface area contributed by atoms with Crippen molar-refractivity contribution in [3.63, 3.8) is 0 Å². The fourth-order valence-electron chi connectivity index (χ4n) is 3.27. The van der Waals surface area contributed by atoms with Crippen molar-refractivity contribution in [2.45, 2.75) is 50.5 Å². The number of halogens is 1. The van der Waals surface area contributed by atoms with Gasteiger partial charge >= 0.3 is 0 Å². The van der Waals surface area contributed by atoms with Crippen molar-refractivity contribution in [1.29, 1.82) is 0 Å². The summed E-state index contributed by atoms with van der Waals surface area (Å²) in [5.41, 5.74) is 0.0382. The number of sulfonamides is 1. The van der Waals surface area contributed by atoms with Gasteiger partial charge in [-0.15, -0.1) is 0 Å². The minimum Gasteiger partial charge on any atom is -0.478 e. The lowest BCUT2D eigenvalue weighted by Crippen LogP contribution is -2.42. The Balaban J connectivity index is 1.79. The molecule has 0 aliphatic carbocycles. The first-order chi connectivity index (χ1) is 14.1. The fraction of sp³-hybridized carbons (Fsp3) is 0.409. The molecule has 1 saturated heterocycles. The summed E-state index contributed by atoms with van der Waals surface area (Å²) in [6.45, 7) is 6.18. The Morgan fingerprint density at radius 2 is 1.70 bits per heavy atom. The third kappa shape index (κ3) is 5.14. The maximum absolute atomic E-state index is 13.0. The van der Waals surface area contributed by atoms with Gasteiger partial charge in [0, 0.05) is 23.8 Å². The van der Waals surface area contributed by atoms with Gasteiger partial charge in [-0.3, -0.25) is 4.79 Å². The molecule has 2 aromatic carbocycles. The van der Waals surface area contributed by atoms with Crippen molar-refractivity contribution < 1.29 is 17.9 Å². The Labute approximate surface area is 183 Å². The fourth-order valence-corrected chi connectivity index (χ4v) is 4.94. The molecule has 1 aliphatic rings. The predicted octanol–water partition coefficient (Wildman–Crippen LogP) is 4.62. The number of carbonyl (C=O) groups excluding carboxylic acids is 1. The minimum atomic E-state index is -3.59. The van der Waals surface area contributed by atoms with Crippen molar-refractivity contribution in [3.05, 3.63) is 53.1 Å². The number of nitrogens with one attached hydrogen (secondary N) is 1. The summed E-state index contributed by atoms with van der Waals surface area (Å²) in [6, 6.07) is 11.6. The highest BCUT2D eigenvalue weighted by atomic mass is 35.5. The molecule has 0 bridgehead atoms. The molecule has 8 heteroatoms. The number of piperidine rings is 1. The SMILES string of the molecule is Cc1ccc(S(=O)(=O)N2CCCCC2)cc1NC(=O)C(C)(C)Oc1ccc(Cl)cc1. The predicted molar refractivity (Wildman–Crippen MR) is 119 cm³/mol. The first-order valence-electron chi connectivity index (χ1n) is 9.96. The lowest BCUT2D eigenvalue weighted by Gasteiger charge is -2.27. The van der Waals surface area contributed by atoms with Crippen LogP contribution in [0.2, 0.25) is 5.02 Å². The van der Waals surface area contributed by atoms with Crippen LogP contribution in [0.4, 0.5) is 5.69 Å². The van der Waals surface area contributed by atoms with Gasteiger partial charge in [-0.25, -0.2) is 8.42 Å². The first kappa shape index (κ1) is 22.6. The van der Waals surface area contributed by atoms with E-state index in [2.05, 4.69) is 5.32 Å². The maximum atomic E-state index is 13.0. The molecular weight excluding hydrogens is 424 g/mol. The zero-order valence-electron chi connectivity index (χ0n) is 17.4. The normalized spacial score (nSPS) is 15.6. The van der Waals surface area contributed by atoms with E-state index in [0.29, 0.717) is 29.5 Å². The lowest BCUT2D eigenvalue weighted by atomic mass is 10.1. The zero-order chi connectivity index (χ0) is 21.9. The summed E-state index contributed by atoms with van der Waals surface area (Å²) in [5.74, 6) is 0.130. The lowest BCUT2D eigenvalue weighted by molar-refractivity contribution is -0.128. The molecule has 1 N–H and O–H groups in total. The van der Waals surface area contributed by atoms with E-state index in [0.717, 1.165) is 24.8 Å². The van der Waals surface area contributed by atoms with Gasteiger partial charge in [0.15, 0.2) is 5.60 Å². The number of carbonyl (C=O) groups is 1. The van der Waals surface area contributed by atoms with Gasteiger partial charge in [0.2, 0.25) is 10.0 Å². The second-order valence-corrected chi connectivity index (χ2v) is 10.3. The number of ether oxygens (including phenoxy) is 1. The third-order valence-electron chi connectivity index (χ3n) is 5.14. The van der Waals surface area contributed by atoms with Gasteiger partial charge in [0.1, 0.15) is 5.75 Å². The molecule has 162 valence electrons. The Morgan fingerprint density at radius 1 is 1.07 bits per heavy atom. The zero-order valence-corrected chi connectivity index (χ0v) is 19.0. The summed E-state index contributed by atoms with van der Waals surface area (Å²) in [7, 11) is -3.59. The van der Waals surface area contributed by atoms with Crippen LogP contribution in [0, 0.1) is 6.92 Å². The van der Waals surface area contributed by atoms with E-state index in [9.17, 15) is 13.2 Å². The van der Waals surface area contributed by atoms with E-state index in [1.807, 2.05) is 6.92 Å². The molecule has 2 aromatic rings. The number of amides is 1. The van der Waals surface area contributed by atoms with Crippen molar-refractivity contribution in [2.75, 3.05) is 18.4 Å². The number of benzene rings is 2. The van der Waals surface area contributed by atoms with E-state index >= 15 is 0 Å². The van der Waals surface area contributed by atoms with E-state index in [1.54, 1.807) is 50.2 Å². The molecule has 1 heterocycles. The van der Waals surface area contributed by atoms with E-state index in [-0.39, 0.29) is 10.8 Å². The smallest absolute Gasteiger partial charge is 0.267 e. The standard InChI is InChI=1S/C22H27ClN2O4S/c1-16-7-12-19(30(27,28)25-13-5-4-6-14-25)15-20(16)24-21(26)22(2,3)29-18-10-8-17(23)9-11-18/h7-12,15H,4-6,13-14H2,1-3H3,(H,24,26). The van der Waals surface area contributed by atoms with Crippen LogP contribution in [0.1, 0.15) is 38.7 Å². The van der Waals surface area contributed by atoms with Crippen LogP contribution in [0.15, 0.2) is 47.4 Å². The van der Waals surface area contributed by atoms with Crippen LogP contribution in [-0.4, -0.2) is 37.3 Å². The van der Waals surface area contributed by atoms with Crippen LogP contribution >= 0.6 is 11.6 Å². The second-order valence-electron chi connectivity index (χ2n) is 7.96. The van der Waals surface area contributed by atoms with Crippen LogP contribution < -0.4 is 10.1 Å². The molecule has 1 amide bonds. The Bertz CT molecular complexity index is 1010. The Hall–Kier alpha value is -2.09. The average Bonchev–Trinajstić information content (AvgIpc) is 2.71. The van der Waals surface area contributed by atoms with E-state index < -0.39 is 15.6 Å². The summed E-state index contributed by atoms with van der Waals surface area (Å²) in [6.07, 6.45) is 2.78. The van der Waals surface area contributed by atoms with Crippen molar-refractivity contribution in [2.24, 2.45) is 0 Å². The molecule has 3 rings (SSSR count). The molecule has 0 spiro atoms. The van der Waals surface area contributed by atoms with Gasteiger partial charge in [-0.1, -0.05) is 24.1 Å². The monoisotopic (exact) mass is 450 g/mol. The summed E-state index contributed by atoms with van der Waals surface area (Å²) in [5, 5.41) is 3.40. The van der Waals surface area contributed by atoms with Gasteiger partial charge < -0.3 is 10.1 Å². The maximum Gasteiger partial charge on any atom is 0.267 e. The van der Waals surface area contributed by atoms with E-state index in [4.69, 9.17) is 16.3 Å². The number of anilines is 1. The van der Waals surface area contributed by atoms with Crippen LogP contribution in [0.3, 0.4) is 0 Å². The summed E-state index contributed by atoms with van der Waals surface area (Å²) < 4.78 is 33.3. The van der Waals surface area contributed by atoms with Crippen molar-refractivity contribution >= 4 is 33.2 Å². The van der Waals surface area contributed by atoms with Crippen LogP contribution in [-0.2, 0) is 14.8 Å².